The zero-order valence-electron chi connectivity index (χ0n) is 15.2. The first-order chi connectivity index (χ1) is 12.6. The van der Waals surface area contributed by atoms with Crippen LogP contribution in [0.3, 0.4) is 0 Å². The van der Waals surface area contributed by atoms with Gasteiger partial charge in [0.2, 0.25) is 5.91 Å². The van der Waals surface area contributed by atoms with Crippen LogP contribution in [0.4, 0.5) is 0 Å². The minimum atomic E-state index is -0.298. The van der Waals surface area contributed by atoms with Crippen LogP contribution < -0.4 is 5.69 Å². The summed E-state index contributed by atoms with van der Waals surface area (Å²) < 4.78 is 2.82. The van der Waals surface area contributed by atoms with Gasteiger partial charge in [0.25, 0.3) is 0 Å². The Kier molecular flexibility index (Phi) is 4.22. The van der Waals surface area contributed by atoms with Crippen LogP contribution in [-0.2, 0) is 17.8 Å². The first-order valence-corrected chi connectivity index (χ1v) is 9.26. The molecule has 26 heavy (non-hydrogen) atoms. The fourth-order valence-corrected chi connectivity index (χ4v) is 3.79. The third-order valence-corrected chi connectivity index (χ3v) is 5.22. The van der Waals surface area contributed by atoms with E-state index in [-0.39, 0.29) is 24.2 Å². The van der Waals surface area contributed by atoms with E-state index in [0.29, 0.717) is 17.9 Å². The fraction of sp³-hybridized carbons (Fsp3) is 0.474. The molecule has 1 aliphatic rings. The Labute approximate surface area is 151 Å². The number of aromatic nitrogens is 4. The van der Waals surface area contributed by atoms with Gasteiger partial charge in [-0.3, -0.25) is 4.79 Å². The van der Waals surface area contributed by atoms with Gasteiger partial charge in [0.15, 0.2) is 5.65 Å². The highest BCUT2D eigenvalue weighted by atomic mass is 16.2. The van der Waals surface area contributed by atoms with Crippen molar-refractivity contribution in [2.24, 2.45) is 0 Å². The average Bonchev–Trinajstić information content (AvgIpc) is 2.98. The number of fused-ring (bicyclic) bond motifs is 3. The van der Waals surface area contributed by atoms with E-state index < -0.39 is 0 Å². The van der Waals surface area contributed by atoms with Crippen molar-refractivity contribution in [3.8, 4) is 0 Å². The topological polar surface area (TPSA) is 72.5 Å². The Morgan fingerprint density at radius 1 is 1.27 bits per heavy atom. The molecule has 3 heterocycles. The first-order valence-electron chi connectivity index (χ1n) is 9.26. The number of carbonyl (C=O) groups is 1. The van der Waals surface area contributed by atoms with Gasteiger partial charge in [0, 0.05) is 24.4 Å². The predicted molar refractivity (Wildman–Crippen MR) is 99.2 cm³/mol. The molecular formula is C19H23N5O2. The van der Waals surface area contributed by atoms with Gasteiger partial charge in [-0.25, -0.2) is 18.9 Å². The van der Waals surface area contributed by atoms with Crippen LogP contribution in [0.2, 0.25) is 0 Å². The molecule has 4 rings (SSSR count). The molecule has 1 aromatic carbocycles. The molecule has 1 fully saturated rings. The smallest absolute Gasteiger partial charge is 0.338 e. The predicted octanol–water partition coefficient (Wildman–Crippen LogP) is 2.01. The molecule has 0 saturated carbocycles. The molecule has 1 saturated heterocycles. The molecule has 0 spiro atoms. The van der Waals surface area contributed by atoms with Gasteiger partial charge < -0.3 is 4.90 Å². The normalized spacial score (nSPS) is 17.9. The second-order valence-electron chi connectivity index (χ2n) is 6.93. The molecule has 2 aromatic heterocycles. The zero-order chi connectivity index (χ0) is 18.3. The third-order valence-electron chi connectivity index (χ3n) is 5.22. The maximum atomic E-state index is 12.9. The lowest BCUT2D eigenvalue weighted by atomic mass is 10.0. The van der Waals surface area contributed by atoms with E-state index in [0.717, 1.165) is 36.7 Å². The summed E-state index contributed by atoms with van der Waals surface area (Å²) in [6.45, 7) is 4.76. The van der Waals surface area contributed by atoms with E-state index in [2.05, 4.69) is 17.0 Å². The number of carbonyl (C=O) groups excluding carboxylic acids is 1. The highest BCUT2D eigenvalue weighted by molar-refractivity contribution is 5.91. The first kappa shape index (κ1) is 16.8. The van der Waals surface area contributed by atoms with Crippen molar-refractivity contribution < 1.29 is 4.79 Å². The lowest BCUT2D eigenvalue weighted by Crippen LogP contribution is -2.44. The molecule has 0 bridgehead atoms. The van der Waals surface area contributed by atoms with Crippen molar-refractivity contribution in [1.82, 2.24) is 24.1 Å². The van der Waals surface area contributed by atoms with Crippen molar-refractivity contribution in [1.29, 1.82) is 0 Å². The van der Waals surface area contributed by atoms with Crippen molar-refractivity contribution in [2.75, 3.05) is 6.54 Å². The lowest BCUT2D eigenvalue weighted by molar-refractivity contribution is -0.135. The summed E-state index contributed by atoms with van der Waals surface area (Å²) in [5.41, 5.74) is 1.08. The summed E-state index contributed by atoms with van der Waals surface area (Å²) in [4.78, 5) is 32.1. The molecule has 3 aromatic rings. The molecule has 0 radical (unpaired) electrons. The number of nitrogens with zero attached hydrogens (tertiary/aromatic N) is 5. The third kappa shape index (κ3) is 2.67. The average molecular weight is 353 g/mol. The molecule has 1 aliphatic heterocycles. The van der Waals surface area contributed by atoms with E-state index in [1.165, 1.54) is 9.08 Å². The van der Waals surface area contributed by atoms with Gasteiger partial charge >= 0.3 is 5.69 Å². The summed E-state index contributed by atoms with van der Waals surface area (Å²) in [6.07, 6.45) is 3.80. The number of piperidine rings is 1. The highest BCUT2D eigenvalue weighted by Gasteiger charge is 2.25. The van der Waals surface area contributed by atoms with E-state index >= 15 is 0 Å². The number of hydrogen-bond donors (Lipinski definition) is 0. The fourth-order valence-electron chi connectivity index (χ4n) is 3.79. The summed E-state index contributed by atoms with van der Waals surface area (Å²) in [6, 6.07) is 7.86. The molecule has 1 atom stereocenters. The monoisotopic (exact) mass is 353 g/mol. The number of para-hydroxylation sites is 1. The summed E-state index contributed by atoms with van der Waals surface area (Å²) >= 11 is 0. The van der Waals surface area contributed by atoms with Crippen LogP contribution >= 0.6 is 0 Å². The molecule has 0 aliphatic carbocycles. The zero-order valence-corrected chi connectivity index (χ0v) is 15.2. The summed E-state index contributed by atoms with van der Waals surface area (Å²) in [5, 5.41) is 5.31. The Bertz CT molecular complexity index is 1040. The molecule has 136 valence electrons. The lowest BCUT2D eigenvalue weighted by Gasteiger charge is -2.33. The number of likely N-dealkylation sites (tertiary alicyclic amines) is 1. The minimum Gasteiger partial charge on any atom is -0.338 e. The van der Waals surface area contributed by atoms with Gasteiger partial charge in [-0.2, -0.15) is 0 Å². The highest BCUT2D eigenvalue weighted by Crippen LogP contribution is 2.18. The van der Waals surface area contributed by atoms with Crippen LogP contribution in [0.15, 0.2) is 29.1 Å². The second-order valence-corrected chi connectivity index (χ2v) is 6.93. The van der Waals surface area contributed by atoms with Crippen LogP contribution in [0.5, 0.6) is 0 Å². The van der Waals surface area contributed by atoms with Crippen LogP contribution in [0.1, 0.15) is 38.9 Å². The molecule has 1 amide bonds. The van der Waals surface area contributed by atoms with Crippen molar-refractivity contribution in [2.45, 2.75) is 52.1 Å². The number of benzene rings is 1. The Morgan fingerprint density at radius 2 is 2.08 bits per heavy atom. The number of hydrogen-bond acceptors (Lipinski definition) is 4. The van der Waals surface area contributed by atoms with Gasteiger partial charge in [-0.1, -0.05) is 19.1 Å². The molecule has 7 heteroatoms. The second kappa shape index (κ2) is 6.55. The SMILES string of the molecule is CCc1nc2ccccc2c2nn(CC(=O)N3CCCC[C@@H]3C)c(=O)n12. The number of aryl methyl sites for hydroxylation is 1. The van der Waals surface area contributed by atoms with Crippen molar-refractivity contribution >= 4 is 22.5 Å². The number of amides is 1. The van der Waals surface area contributed by atoms with Crippen LogP contribution in [0, 0.1) is 0 Å². The van der Waals surface area contributed by atoms with Gasteiger partial charge in [0.1, 0.15) is 12.4 Å². The minimum absolute atomic E-state index is 0.0255. The molecule has 0 unspecified atom stereocenters. The largest absolute Gasteiger partial charge is 0.352 e. The summed E-state index contributed by atoms with van der Waals surface area (Å²) in [5.74, 6) is 0.617. The molecule has 7 nitrogen and oxygen atoms in total. The Hall–Kier alpha value is -2.70. The van der Waals surface area contributed by atoms with Gasteiger partial charge in [0.05, 0.1) is 5.52 Å². The van der Waals surface area contributed by atoms with Crippen molar-refractivity contribution in [3.05, 3.63) is 40.6 Å². The van der Waals surface area contributed by atoms with Gasteiger partial charge in [-0.05, 0) is 38.3 Å². The van der Waals surface area contributed by atoms with E-state index in [4.69, 9.17) is 0 Å². The number of rotatable bonds is 3. The van der Waals surface area contributed by atoms with E-state index in [9.17, 15) is 9.59 Å². The van der Waals surface area contributed by atoms with E-state index in [1.807, 2.05) is 36.1 Å². The van der Waals surface area contributed by atoms with Crippen LogP contribution in [0.25, 0.3) is 16.6 Å². The van der Waals surface area contributed by atoms with Crippen LogP contribution in [-0.4, -0.2) is 42.6 Å². The molecule has 0 N–H and O–H groups in total. The molecular weight excluding hydrogens is 330 g/mol. The Morgan fingerprint density at radius 3 is 2.85 bits per heavy atom. The van der Waals surface area contributed by atoms with Crippen molar-refractivity contribution in [3.63, 3.8) is 0 Å². The van der Waals surface area contributed by atoms with E-state index in [1.54, 1.807) is 0 Å². The maximum absolute atomic E-state index is 12.9. The quantitative estimate of drug-likeness (QED) is 0.722. The maximum Gasteiger partial charge on any atom is 0.352 e. The Balaban J connectivity index is 1.79. The van der Waals surface area contributed by atoms with Gasteiger partial charge in [-0.15, -0.1) is 5.10 Å². The standard InChI is InChI=1S/C19H23N5O2/c1-3-16-20-15-10-5-4-9-14(15)18-21-23(19(26)24(16)18)12-17(25)22-11-7-6-8-13(22)2/h4-5,9-10,13H,3,6-8,11-12H2,1-2H3/t13-/m0/s1. The summed E-state index contributed by atoms with van der Waals surface area (Å²) in [7, 11) is 0.